The Morgan fingerprint density at radius 1 is 1.09 bits per heavy atom. The van der Waals surface area contributed by atoms with E-state index in [0.717, 1.165) is 24.2 Å². The highest BCUT2D eigenvalue weighted by Gasteiger charge is 2.26. The molecule has 0 bridgehead atoms. The van der Waals surface area contributed by atoms with Crippen LogP contribution in [-0.2, 0) is 4.79 Å². The molecule has 0 saturated carbocycles. The lowest BCUT2D eigenvalue weighted by Crippen LogP contribution is -3.15. The Balaban J connectivity index is 1.63. The van der Waals surface area contributed by atoms with Crippen molar-refractivity contribution in [3.8, 4) is 0 Å². The normalized spacial score (nSPS) is 25.1. The number of piperidine rings is 1. The van der Waals surface area contributed by atoms with Crippen molar-refractivity contribution < 1.29 is 9.69 Å². The first-order chi connectivity index (χ1) is 10.6. The third kappa shape index (κ3) is 3.66. The number of anilines is 1. The molecule has 3 nitrogen and oxygen atoms in total. The molecule has 22 heavy (non-hydrogen) atoms. The fourth-order valence-electron chi connectivity index (χ4n) is 3.77. The first kappa shape index (κ1) is 15.0. The highest BCUT2D eigenvalue weighted by Crippen LogP contribution is 2.18. The van der Waals surface area contributed by atoms with Crippen LogP contribution in [0.15, 0.2) is 42.5 Å². The molecule has 0 unspecified atom stereocenters. The molecule has 0 aromatic heterocycles. The fraction of sp³-hybridized carbons (Fsp3) is 0.421. The second-order valence-electron chi connectivity index (χ2n) is 6.89. The summed E-state index contributed by atoms with van der Waals surface area (Å²) < 4.78 is 0. The Labute approximate surface area is 132 Å². The maximum absolute atomic E-state index is 12.3. The van der Waals surface area contributed by atoms with Gasteiger partial charge in [-0.1, -0.05) is 44.2 Å². The minimum atomic E-state index is 0.117. The summed E-state index contributed by atoms with van der Waals surface area (Å²) in [5.74, 6) is 1.55. The molecule has 1 aliphatic rings. The number of benzene rings is 2. The highest BCUT2D eigenvalue weighted by atomic mass is 16.2. The molecule has 0 aliphatic carbocycles. The van der Waals surface area contributed by atoms with E-state index in [9.17, 15) is 4.79 Å². The van der Waals surface area contributed by atoms with Crippen LogP contribution < -0.4 is 10.2 Å². The second kappa shape index (κ2) is 6.49. The minimum Gasteiger partial charge on any atom is -0.327 e. The molecular formula is C19H25N2O+. The van der Waals surface area contributed by atoms with Crippen molar-refractivity contribution >= 4 is 22.4 Å². The van der Waals surface area contributed by atoms with Gasteiger partial charge in [-0.15, -0.1) is 0 Å². The zero-order valence-corrected chi connectivity index (χ0v) is 13.4. The molecule has 2 aromatic carbocycles. The van der Waals surface area contributed by atoms with E-state index in [1.54, 1.807) is 0 Å². The Morgan fingerprint density at radius 3 is 2.50 bits per heavy atom. The van der Waals surface area contributed by atoms with Gasteiger partial charge < -0.3 is 10.2 Å². The van der Waals surface area contributed by atoms with E-state index in [0.29, 0.717) is 18.4 Å². The van der Waals surface area contributed by atoms with Crippen LogP contribution in [0.3, 0.4) is 0 Å². The average molecular weight is 297 g/mol. The van der Waals surface area contributed by atoms with Gasteiger partial charge in [0.05, 0.1) is 13.1 Å². The van der Waals surface area contributed by atoms with Crippen LogP contribution >= 0.6 is 0 Å². The van der Waals surface area contributed by atoms with Gasteiger partial charge in [0.2, 0.25) is 0 Å². The molecule has 1 heterocycles. The molecule has 1 amide bonds. The number of nitrogens with one attached hydrogen (secondary N) is 2. The van der Waals surface area contributed by atoms with Crippen LogP contribution in [0.1, 0.15) is 20.3 Å². The topological polar surface area (TPSA) is 33.5 Å². The second-order valence-corrected chi connectivity index (χ2v) is 6.89. The number of carbonyl (C=O) groups excluding carboxylic acids is 1. The van der Waals surface area contributed by atoms with Crippen molar-refractivity contribution in [3.63, 3.8) is 0 Å². The van der Waals surface area contributed by atoms with Crippen molar-refractivity contribution in [1.29, 1.82) is 0 Å². The van der Waals surface area contributed by atoms with E-state index in [1.165, 1.54) is 16.7 Å². The van der Waals surface area contributed by atoms with Gasteiger partial charge in [0.1, 0.15) is 0 Å². The lowest BCUT2D eigenvalue weighted by Gasteiger charge is -2.31. The van der Waals surface area contributed by atoms with E-state index in [4.69, 9.17) is 0 Å². The number of hydrogen-bond acceptors (Lipinski definition) is 1. The Hall–Kier alpha value is -1.87. The van der Waals surface area contributed by atoms with Gasteiger partial charge in [-0.3, -0.25) is 4.79 Å². The van der Waals surface area contributed by atoms with E-state index in [1.807, 2.05) is 24.3 Å². The van der Waals surface area contributed by atoms with E-state index < -0.39 is 0 Å². The molecule has 3 rings (SSSR count). The summed E-state index contributed by atoms with van der Waals surface area (Å²) in [6.07, 6.45) is 1.29. The molecule has 1 saturated heterocycles. The average Bonchev–Trinajstić information content (AvgIpc) is 2.45. The molecular weight excluding hydrogens is 272 g/mol. The largest absolute Gasteiger partial charge is 0.327 e. The Morgan fingerprint density at radius 2 is 1.77 bits per heavy atom. The standard InChI is InChI=1S/C19H24N2O/c1-14-9-15(2)12-21(11-14)13-19(22)20-18-8-7-16-5-3-4-6-17(16)10-18/h3-8,10,14-15H,9,11-13H2,1-2H3,(H,20,22)/p+1/t14-,15-/m1/s1. The molecule has 1 aliphatic heterocycles. The van der Waals surface area contributed by atoms with Gasteiger partial charge in [-0.25, -0.2) is 0 Å². The van der Waals surface area contributed by atoms with Gasteiger partial charge in [-0.2, -0.15) is 0 Å². The molecule has 0 radical (unpaired) electrons. The number of amides is 1. The number of hydrogen-bond donors (Lipinski definition) is 2. The summed E-state index contributed by atoms with van der Waals surface area (Å²) in [5.41, 5.74) is 0.890. The number of likely N-dealkylation sites (tertiary alicyclic amines) is 1. The van der Waals surface area contributed by atoms with Gasteiger partial charge in [0.15, 0.2) is 6.54 Å². The summed E-state index contributed by atoms with van der Waals surface area (Å²) in [4.78, 5) is 13.7. The molecule has 1 fully saturated rings. The van der Waals surface area contributed by atoms with E-state index in [-0.39, 0.29) is 5.91 Å². The lowest BCUT2D eigenvalue weighted by atomic mass is 9.92. The monoisotopic (exact) mass is 297 g/mol. The maximum Gasteiger partial charge on any atom is 0.279 e. The first-order valence-corrected chi connectivity index (χ1v) is 8.22. The van der Waals surface area contributed by atoms with Gasteiger partial charge in [0, 0.05) is 17.5 Å². The first-order valence-electron chi connectivity index (χ1n) is 8.22. The van der Waals surface area contributed by atoms with Crippen molar-refractivity contribution in [3.05, 3.63) is 42.5 Å². The zero-order chi connectivity index (χ0) is 15.5. The zero-order valence-electron chi connectivity index (χ0n) is 13.4. The van der Waals surface area contributed by atoms with Crippen LogP contribution in [0.4, 0.5) is 5.69 Å². The van der Waals surface area contributed by atoms with Gasteiger partial charge in [0.25, 0.3) is 5.91 Å². The molecule has 3 heteroatoms. The van der Waals surface area contributed by atoms with Crippen LogP contribution in [0.2, 0.25) is 0 Å². The Bertz CT molecular complexity index is 657. The number of fused-ring (bicyclic) bond motifs is 1. The smallest absolute Gasteiger partial charge is 0.279 e. The molecule has 2 aromatic rings. The van der Waals surface area contributed by atoms with E-state index >= 15 is 0 Å². The van der Waals surface area contributed by atoms with Crippen molar-refractivity contribution in [2.75, 3.05) is 25.0 Å². The molecule has 2 N–H and O–H groups in total. The van der Waals surface area contributed by atoms with Crippen LogP contribution in [0.25, 0.3) is 10.8 Å². The minimum absolute atomic E-state index is 0.117. The SMILES string of the molecule is C[C@@H]1C[C@@H](C)C[NH+](CC(=O)Nc2ccc3ccccc3c2)C1. The summed E-state index contributed by atoms with van der Waals surface area (Å²) in [7, 11) is 0. The van der Waals surface area contributed by atoms with Gasteiger partial charge >= 0.3 is 0 Å². The summed E-state index contributed by atoms with van der Waals surface area (Å²) in [6, 6.07) is 14.3. The molecule has 116 valence electrons. The summed E-state index contributed by atoms with van der Waals surface area (Å²) in [6.45, 7) is 7.36. The number of quaternary nitrogens is 1. The van der Waals surface area contributed by atoms with Crippen molar-refractivity contribution in [1.82, 2.24) is 0 Å². The van der Waals surface area contributed by atoms with Crippen molar-refractivity contribution in [2.45, 2.75) is 20.3 Å². The predicted octanol–water partition coefficient (Wildman–Crippen LogP) is 2.34. The number of rotatable bonds is 3. The van der Waals surface area contributed by atoms with Gasteiger partial charge in [-0.05, 0) is 29.3 Å². The maximum atomic E-state index is 12.3. The summed E-state index contributed by atoms with van der Waals surface area (Å²) >= 11 is 0. The third-order valence-corrected chi connectivity index (χ3v) is 4.52. The molecule has 0 spiro atoms. The van der Waals surface area contributed by atoms with Crippen LogP contribution in [-0.4, -0.2) is 25.5 Å². The quantitative estimate of drug-likeness (QED) is 0.896. The van der Waals surface area contributed by atoms with Crippen LogP contribution in [0, 0.1) is 11.8 Å². The highest BCUT2D eigenvalue weighted by molar-refractivity contribution is 5.94. The number of carbonyl (C=O) groups is 1. The van der Waals surface area contributed by atoms with Crippen molar-refractivity contribution in [2.24, 2.45) is 11.8 Å². The lowest BCUT2D eigenvalue weighted by molar-refractivity contribution is -0.904. The predicted molar refractivity (Wildman–Crippen MR) is 91.1 cm³/mol. The fourth-order valence-corrected chi connectivity index (χ4v) is 3.77. The van der Waals surface area contributed by atoms with Crippen LogP contribution in [0.5, 0.6) is 0 Å². The van der Waals surface area contributed by atoms with E-state index in [2.05, 4.69) is 37.4 Å². The Kier molecular flexibility index (Phi) is 4.44. The summed E-state index contributed by atoms with van der Waals surface area (Å²) in [5, 5.41) is 5.41. The third-order valence-electron chi connectivity index (χ3n) is 4.52. The molecule has 2 atom stereocenters.